The molecule has 2 aliphatic heterocycles. The average molecular weight is 515 g/mol. The predicted octanol–water partition coefficient (Wildman–Crippen LogP) is 3.65. The number of aliphatic hydroxyl groups is 1. The molecule has 3 N–H and O–H groups in total. The number of hydrogen-bond donors (Lipinski definition) is 3. The Labute approximate surface area is 212 Å². The lowest BCUT2D eigenvalue weighted by molar-refractivity contribution is -0.128. The highest BCUT2D eigenvalue weighted by atomic mass is 35.5. The monoisotopic (exact) mass is 514 g/mol. The molecular weight excluding hydrogens is 487 g/mol. The number of rotatable bonds is 8. The summed E-state index contributed by atoms with van der Waals surface area (Å²) < 4.78 is 14.2. The highest BCUT2D eigenvalue weighted by Gasteiger charge is 2.52. The normalized spacial score (nSPS) is 19.5. The lowest BCUT2D eigenvalue weighted by Gasteiger charge is -2.36. The van der Waals surface area contributed by atoms with Crippen LogP contribution in [0, 0.1) is 5.82 Å². The minimum Gasteiger partial charge on any atom is -0.508 e. The van der Waals surface area contributed by atoms with Gasteiger partial charge in [0.1, 0.15) is 23.7 Å². The molecular formula is C26H28ClFN4O4. The molecule has 1 saturated heterocycles. The van der Waals surface area contributed by atoms with E-state index in [9.17, 15) is 24.2 Å². The van der Waals surface area contributed by atoms with Crippen molar-refractivity contribution in [2.75, 3.05) is 32.8 Å². The number of carbonyl (C=O) groups excluding carboxylic acids is 2. The molecule has 3 aromatic rings. The van der Waals surface area contributed by atoms with Gasteiger partial charge in [-0.25, -0.2) is 9.18 Å². The zero-order valence-corrected chi connectivity index (χ0v) is 20.6. The molecule has 1 aromatic heterocycles. The number of nitrogens with zero attached hydrogens (tertiary/aromatic N) is 3. The Balaban J connectivity index is 1.53. The molecule has 1 unspecified atom stereocenters. The third-order valence-corrected chi connectivity index (χ3v) is 7.46. The fourth-order valence-corrected chi connectivity index (χ4v) is 5.61. The molecule has 3 amide bonds. The number of nitrogens with one attached hydrogen (secondary N) is 1. The van der Waals surface area contributed by atoms with Crippen LogP contribution in [0.1, 0.15) is 36.2 Å². The fraction of sp³-hybridized carbons (Fsp3) is 0.385. The van der Waals surface area contributed by atoms with E-state index in [-0.39, 0.29) is 36.3 Å². The second kappa shape index (κ2) is 9.72. The number of benzene rings is 2. The Kier molecular flexibility index (Phi) is 6.63. The van der Waals surface area contributed by atoms with Gasteiger partial charge in [0.05, 0.1) is 11.6 Å². The predicted molar refractivity (Wildman–Crippen MR) is 133 cm³/mol. The molecule has 2 aliphatic rings. The van der Waals surface area contributed by atoms with Gasteiger partial charge in [0.15, 0.2) is 0 Å². The average Bonchev–Trinajstić information content (AvgIpc) is 3.31. The number of phenols is 1. The van der Waals surface area contributed by atoms with Crippen molar-refractivity contribution in [3.63, 3.8) is 0 Å². The Morgan fingerprint density at radius 3 is 2.75 bits per heavy atom. The first kappa shape index (κ1) is 24.5. The highest BCUT2D eigenvalue weighted by molar-refractivity contribution is 6.31. The van der Waals surface area contributed by atoms with Gasteiger partial charge >= 0.3 is 6.03 Å². The number of amides is 3. The number of imide groups is 1. The number of H-pyrrole nitrogens is 1. The number of halogens is 2. The Hall–Kier alpha value is -3.14. The third-order valence-electron chi connectivity index (χ3n) is 7.17. The summed E-state index contributed by atoms with van der Waals surface area (Å²) in [5, 5.41) is 20.1. The second-order valence-electron chi connectivity index (χ2n) is 9.24. The molecule has 2 atom stereocenters. The van der Waals surface area contributed by atoms with Crippen LogP contribution >= 0.6 is 11.6 Å². The van der Waals surface area contributed by atoms with Crippen LogP contribution in [0.15, 0.2) is 36.4 Å². The summed E-state index contributed by atoms with van der Waals surface area (Å²) in [6.45, 7) is 4.28. The SMILES string of the molecule is CCN(CCO)CCCN1C(=O)[C@@H]2Cc3c([nH]c4cc(F)c(Cl)cc34)C(c3cccc(O)c3)N2C1=O. The molecule has 1 fully saturated rings. The lowest BCUT2D eigenvalue weighted by Crippen LogP contribution is -2.44. The Morgan fingerprint density at radius 1 is 1.22 bits per heavy atom. The summed E-state index contributed by atoms with van der Waals surface area (Å²) in [6, 6.07) is 7.70. The largest absolute Gasteiger partial charge is 0.508 e. The molecule has 0 saturated carbocycles. The van der Waals surface area contributed by atoms with E-state index in [0.717, 1.165) is 12.1 Å². The van der Waals surface area contributed by atoms with E-state index < -0.39 is 23.9 Å². The topological polar surface area (TPSA) is 100 Å². The minimum atomic E-state index is -0.722. The smallest absolute Gasteiger partial charge is 0.328 e. The third kappa shape index (κ3) is 4.11. The number of aromatic amines is 1. The first-order chi connectivity index (χ1) is 17.3. The summed E-state index contributed by atoms with van der Waals surface area (Å²) in [7, 11) is 0. The van der Waals surface area contributed by atoms with Gasteiger partial charge in [-0.2, -0.15) is 0 Å². The molecule has 0 radical (unpaired) electrons. The number of urea groups is 1. The van der Waals surface area contributed by atoms with Crippen LogP contribution in [0.2, 0.25) is 5.02 Å². The maximum absolute atomic E-state index is 14.2. The zero-order chi connectivity index (χ0) is 25.6. The molecule has 3 heterocycles. The van der Waals surface area contributed by atoms with E-state index in [1.807, 2.05) is 6.92 Å². The molecule has 2 aromatic carbocycles. The van der Waals surface area contributed by atoms with E-state index in [4.69, 9.17) is 11.6 Å². The molecule has 0 aliphatic carbocycles. The van der Waals surface area contributed by atoms with Gasteiger partial charge < -0.3 is 20.1 Å². The van der Waals surface area contributed by atoms with E-state index >= 15 is 0 Å². The van der Waals surface area contributed by atoms with Crippen LogP contribution in [-0.4, -0.2) is 80.7 Å². The quantitative estimate of drug-likeness (QED) is 0.398. The fourth-order valence-electron chi connectivity index (χ4n) is 5.44. The van der Waals surface area contributed by atoms with E-state index in [1.165, 1.54) is 11.0 Å². The van der Waals surface area contributed by atoms with Crippen molar-refractivity contribution in [2.24, 2.45) is 0 Å². The number of carbonyl (C=O) groups is 2. The van der Waals surface area contributed by atoms with Gasteiger partial charge in [0.2, 0.25) is 0 Å². The van der Waals surface area contributed by atoms with Gasteiger partial charge in [-0.15, -0.1) is 0 Å². The number of aromatic hydroxyl groups is 1. The molecule has 190 valence electrons. The van der Waals surface area contributed by atoms with Crippen LogP contribution in [0.3, 0.4) is 0 Å². The Bertz CT molecular complexity index is 1330. The standard InChI is InChI=1S/C26H28ClFN4O4/c1-2-30(9-10-33)7-4-8-31-25(35)22-13-18-17-12-19(27)20(28)14-21(17)29-23(18)24(32(22)26(31)36)15-5-3-6-16(34)11-15/h3,5-6,11-12,14,22,24,29,33-34H,2,4,7-10,13H2,1H3/t22-,24?/m0/s1. The number of likely N-dealkylation sites (N-methyl/N-ethyl adjacent to an activating group) is 1. The van der Waals surface area contributed by atoms with Crippen LogP contribution in [0.25, 0.3) is 10.9 Å². The van der Waals surface area contributed by atoms with Crippen molar-refractivity contribution in [2.45, 2.75) is 31.8 Å². The van der Waals surface area contributed by atoms with Crippen molar-refractivity contribution in [1.82, 2.24) is 19.7 Å². The summed E-state index contributed by atoms with van der Waals surface area (Å²) in [5.74, 6) is -0.791. The second-order valence-corrected chi connectivity index (χ2v) is 9.64. The minimum absolute atomic E-state index is 0.0144. The first-order valence-corrected chi connectivity index (χ1v) is 12.5. The zero-order valence-electron chi connectivity index (χ0n) is 19.9. The maximum atomic E-state index is 14.2. The van der Waals surface area contributed by atoms with Gasteiger partial charge in [-0.1, -0.05) is 30.7 Å². The summed E-state index contributed by atoms with van der Waals surface area (Å²) in [5.41, 5.74) is 2.66. The highest BCUT2D eigenvalue weighted by Crippen LogP contribution is 2.45. The number of aliphatic hydroxyl groups excluding tert-OH is 1. The molecule has 5 rings (SSSR count). The van der Waals surface area contributed by atoms with E-state index in [1.54, 1.807) is 35.2 Å². The maximum Gasteiger partial charge on any atom is 0.328 e. The van der Waals surface area contributed by atoms with Crippen molar-refractivity contribution < 1.29 is 24.2 Å². The van der Waals surface area contributed by atoms with Crippen molar-refractivity contribution in [3.05, 3.63) is 64.1 Å². The molecule has 0 bridgehead atoms. The molecule has 0 spiro atoms. The lowest BCUT2D eigenvalue weighted by atomic mass is 9.89. The van der Waals surface area contributed by atoms with Gasteiger partial charge in [0.25, 0.3) is 5.91 Å². The number of hydrogen-bond acceptors (Lipinski definition) is 5. The van der Waals surface area contributed by atoms with Crippen LogP contribution in [0.4, 0.5) is 9.18 Å². The Morgan fingerprint density at radius 2 is 2.03 bits per heavy atom. The van der Waals surface area contributed by atoms with Crippen molar-refractivity contribution >= 4 is 34.4 Å². The van der Waals surface area contributed by atoms with E-state index in [2.05, 4.69) is 9.88 Å². The van der Waals surface area contributed by atoms with Crippen molar-refractivity contribution in [3.8, 4) is 5.75 Å². The number of phenolic OH excluding ortho intramolecular Hbond substituents is 1. The molecule has 10 heteroatoms. The molecule has 36 heavy (non-hydrogen) atoms. The summed E-state index contributed by atoms with van der Waals surface area (Å²) >= 11 is 6.08. The van der Waals surface area contributed by atoms with Gasteiger partial charge in [0, 0.05) is 36.1 Å². The molecule has 8 nitrogen and oxygen atoms in total. The summed E-state index contributed by atoms with van der Waals surface area (Å²) in [6.07, 6.45) is 0.866. The van der Waals surface area contributed by atoms with Crippen LogP contribution in [0.5, 0.6) is 5.75 Å². The van der Waals surface area contributed by atoms with Crippen LogP contribution in [-0.2, 0) is 11.2 Å². The van der Waals surface area contributed by atoms with Gasteiger partial charge in [-0.05, 0) is 54.9 Å². The first-order valence-electron chi connectivity index (χ1n) is 12.1. The van der Waals surface area contributed by atoms with E-state index in [0.29, 0.717) is 41.7 Å². The van der Waals surface area contributed by atoms with Crippen LogP contribution < -0.4 is 0 Å². The summed E-state index contributed by atoms with van der Waals surface area (Å²) in [4.78, 5) is 35.4. The van der Waals surface area contributed by atoms with Crippen molar-refractivity contribution in [1.29, 1.82) is 0 Å². The number of fused-ring (bicyclic) bond motifs is 4. The van der Waals surface area contributed by atoms with Gasteiger partial charge in [-0.3, -0.25) is 14.6 Å². The number of aromatic nitrogens is 1.